The van der Waals surface area contributed by atoms with Crippen LogP contribution in [0.1, 0.15) is 19.0 Å². The van der Waals surface area contributed by atoms with Crippen molar-refractivity contribution in [3.63, 3.8) is 0 Å². The SMILES string of the molecule is C=C(/C=N\C=C/CC)c1cnccn1. The molecule has 0 amide bonds. The molecule has 0 aliphatic carbocycles. The molecule has 0 saturated carbocycles. The van der Waals surface area contributed by atoms with Crippen LogP contribution in [0.4, 0.5) is 0 Å². The fourth-order valence-corrected chi connectivity index (χ4v) is 0.830. The van der Waals surface area contributed by atoms with Crippen LogP contribution in [-0.4, -0.2) is 16.2 Å². The summed E-state index contributed by atoms with van der Waals surface area (Å²) in [7, 11) is 0. The van der Waals surface area contributed by atoms with E-state index in [4.69, 9.17) is 0 Å². The highest BCUT2D eigenvalue weighted by Crippen LogP contribution is 2.03. The van der Waals surface area contributed by atoms with Crippen LogP contribution in [0, 0.1) is 0 Å². The van der Waals surface area contributed by atoms with Gasteiger partial charge in [0.05, 0.1) is 11.9 Å². The lowest BCUT2D eigenvalue weighted by atomic mass is 10.2. The number of rotatable bonds is 4. The molecular weight excluding hydrogens is 174 g/mol. The van der Waals surface area contributed by atoms with E-state index >= 15 is 0 Å². The first kappa shape index (κ1) is 10.3. The van der Waals surface area contributed by atoms with E-state index in [0.717, 1.165) is 17.7 Å². The number of nitrogens with zero attached hydrogens (tertiary/aromatic N) is 3. The molecule has 0 atom stereocenters. The van der Waals surface area contributed by atoms with Crippen molar-refractivity contribution in [3.8, 4) is 0 Å². The second-order valence-electron chi connectivity index (χ2n) is 2.69. The predicted octanol–water partition coefficient (Wildman–Crippen LogP) is 2.48. The third-order valence-corrected chi connectivity index (χ3v) is 1.55. The molecular formula is C11H13N3. The van der Waals surface area contributed by atoms with E-state index in [1.54, 1.807) is 31.0 Å². The summed E-state index contributed by atoms with van der Waals surface area (Å²) < 4.78 is 0. The molecule has 0 aromatic carbocycles. The molecule has 14 heavy (non-hydrogen) atoms. The summed E-state index contributed by atoms with van der Waals surface area (Å²) in [5.41, 5.74) is 1.51. The summed E-state index contributed by atoms with van der Waals surface area (Å²) in [5.74, 6) is 0. The van der Waals surface area contributed by atoms with Crippen LogP contribution >= 0.6 is 0 Å². The second-order valence-corrected chi connectivity index (χ2v) is 2.69. The summed E-state index contributed by atoms with van der Waals surface area (Å²) in [6.45, 7) is 5.90. The normalized spacial score (nSPS) is 11.2. The zero-order chi connectivity index (χ0) is 10.2. The van der Waals surface area contributed by atoms with Gasteiger partial charge in [-0.15, -0.1) is 0 Å². The Kier molecular flexibility index (Phi) is 4.27. The number of aliphatic imine (C=N–C) groups is 1. The third kappa shape index (κ3) is 3.31. The van der Waals surface area contributed by atoms with Gasteiger partial charge in [-0.3, -0.25) is 15.0 Å². The number of hydrogen-bond donors (Lipinski definition) is 0. The van der Waals surface area contributed by atoms with Crippen molar-refractivity contribution in [2.75, 3.05) is 0 Å². The lowest BCUT2D eigenvalue weighted by Gasteiger charge is -1.94. The Hall–Kier alpha value is -1.77. The Morgan fingerprint density at radius 1 is 1.57 bits per heavy atom. The molecule has 0 N–H and O–H groups in total. The Morgan fingerprint density at radius 3 is 3.07 bits per heavy atom. The Morgan fingerprint density at radius 2 is 2.43 bits per heavy atom. The van der Waals surface area contributed by atoms with Gasteiger partial charge in [-0.05, 0) is 6.42 Å². The smallest absolute Gasteiger partial charge is 0.0894 e. The van der Waals surface area contributed by atoms with Gasteiger partial charge in [0.2, 0.25) is 0 Å². The van der Waals surface area contributed by atoms with Gasteiger partial charge in [-0.2, -0.15) is 0 Å². The largest absolute Gasteiger partial charge is 0.264 e. The quantitative estimate of drug-likeness (QED) is 0.679. The minimum absolute atomic E-state index is 0.751. The fraction of sp³-hybridized carbons (Fsp3) is 0.182. The molecule has 0 radical (unpaired) electrons. The van der Waals surface area contributed by atoms with Gasteiger partial charge in [-0.25, -0.2) is 0 Å². The van der Waals surface area contributed by atoms with Crippen molar-refractivity contribution >= 4 is 11.8 Å². The molecule has 0 unspecified atom stereocenters. The Bertz CT molecular complexity index is 339. The topological polar surface area (TPSA) is 38.1 Å². The monoisotopic (exact) mass is 187 g/mol. The average Bonchev–Trinajstić information content (AvgIpc) is 2.25. The lowest BCUT2D eigenvalue weighted by Crippen LogP contribution is -1.88. The minimum atomic E-state index is 0.751. The van der Waals surface area contributed by atoms with Gasteiger partial charge >= 0.3 is 0 Å². The first-order valence-corrected chi connectivity index (χ1v) is 4.48. The predicted molar refractivity (Wildman–Crippen MR) is 59.0 cm³/mol. The Labute approximate surface area is 83.9 Å². The summed E-state index contributed by atoms with van der Waals surface area (Å²) >= 11 is 0. The van der Waals surface area contributed by atoms with Crippen LogP contribution in [-0.2, 0) is 0 Å². The number of hydrogen-bond acceptors (Lipinski definition) is 3. The standard InChI is InChI=1S/C11H13N3/c1-3-4-5-12-8-10(2)11-9-13-6-7-14-11/h4-9H,2-3H2,1H3/b5-4-,12-8-. The molecule has 0 aliphatic rings. The van der Waals surface area contributed by atoms with E-state index in [1.807, 2.05) is 6.08 Å². The summed E-state index contributed by atoms with van der Waals surface area (Å²) in [6, 6.07) is 0. The first-order chi connectivity index (χ1) is 6.84. The molecule has 0 saturated heterocycles. The van der Waals surface area contributed by atoms with Gasteiger partial charge in [0.25, 0.3) is 0 Å². The van der Waals surface area contributed by atoms with Crippen LogP contribution in [0.25, 0.3) is 5.57 Å². The first-order valence-electron chi connectivity index (χ1n) is 4.48. The van der Waals surface area contributed by atoms with Crippen molar-refractivity contribution in [1.29, 1.82) is 0 Å². The maximum absolute atomic E-state index is 4.10. The van der Waals surface area contributed by atoms with E-state index in [0.29, 0.717) is 0 Å². The summed E-state index contributed by atoms with van der Waals surface area (Å²) in [6.07, 6.45) is 11.3. The molecule has 1 aromatic rings. The molecule has 1 heterocycles. The molecule has 1 aromatic heterocycles. The average molecular weight is 187 g/mol. The highest BCUT2D eigenvalue weighted by molar-refractivity contribution is 6.07. The maximum atomic E-state index is 4.10. The van der Waals surface area contributed by atoms with Crippen molar-refractivity contribution in [1.82, 2.24) is 9.97 Å². The Balaban J connectivity index is 2.59. The van der Waals surface area contributed by atoms with Gasteiger partial charge < -0.3 is 0 Å². The zero-order valence-electron chi connectivity index (χ0n) is 8.22. The van der Waals surface area contributed by atoms with Crippen LogP contribution in [0.5, 0.6) is 0 Å². The lowest BCUT2D eigenvalue weighted by molar-refractivity contribution is 1.17. The maximum Gasteiger partial charge on any atom is 0.0894 e. The molecule has 0 fully saturated rings. The van der Waals surface area contributed by atoms with Crippen molar-refractivity contribution in [3.05, 3.63) is 43.1 Å². The highest BCUT2D eigenvalue weighted by Gasteiger charge is 1.94. The van der Waals surface area contributed by atoms with E-state index in [2.05, 4.69) is 28.5 Å². The fourth-order valence-electron chi connectivity index (χ4n) is 0.830. The second kappa shape index (κ2) is 5.80. The molecule has 72 valence electrons. The molecule has 3 nitrogen and oxygen atoms in total. The molecule has 1 rings (SSSR count). The number of allylic oxidation sites excluding steroid dienone is 2. The summed E-state index contributed by atoms with van der Waals surface area (Å²) in [4.78, 5) is 12.1. The van der Waals surface area contributed by atoms with E-state index in [9.17, 15) is 0 Å². The van der Waals surface area contributed by atoms with E-state index in [1.165, 1.54) is 0 Å². The molecule has 3 heteroatoms. The van der Waals surface area contributed by atoms with Gasteiger partial charge in [-0.1, -0.05) is 19.6 Å². The van der Waals surface area contributed by atoms with E-state index in [-0.39, 0.29) is 0 Å². The highest BCUT2D eigenvalue weighted by atomic mass is 14.8. The van der Waals surface area contributed by atoms with Crippen molar-refractivity contribution in [2.45, 2.75) is 13.3 Å². The van der Waals surface area contributed by atoms with Gasteiger partial charge in [0.15, 0.2) is 0 Å². The minimum Gasteiger partial charge on any atom is -0.264 e. The van der Waals surface area contributed by atoms with Crippen LogP contribution < -0.4 is 0 Å². The summed E-state index contributed by atoms with van der Waals surface area (Å²) in [5, 5.41) is 0. The van der Waals surface area contributed by atoms with Crippen LogP contribution in [0.3, 0.4) is 0 Å². The molecule has 0 aliphatic heterocycles. The number of aromatic nitrogens is 2. The van der Waals surface area contributed by atoms with Crippen LogP contribution in [0.15, 0.2) is 42.4 Å². The van der Waals surface area contributed by atoms with Crippen molar-refractivity contribution in [2.24, 2.45) is 4.99 Å². The van der Waals surface area contributed by atoms with Crippen molar-refractivity contribution < 1.29 is 0 Å². The van der Waals surface area contributed by atoms with Crippen LogP contribution in [0.2, 0.25) is 0 Å². The zero-order valence-corrected chi connectivity index (χ0v) is 8.22. The van der Waals surface area contributed by atoms with Gasteiger partial charge in [0.1, 0.15) is 0 Å². The molecule has 0 spiro atoms. The molecule has 0 bridgehead atoms. The van der Waals surface area contributed by atoms with E-state index < -0.39 is 0 Å². The third-order valence-electron chi connectivity index (χ3n) is 1.55. The van der Waals surface area contributed by atoms with Gasteiger partial charge in [0, 0.05) is 30.4 Å².